The fourth-order valence-corrected chi connectivity index (χ4v) is 0.965. The van der Waals surface area contributed by atoms with Crippen LogP contribution in [0.3, 0.4) is 0 Å². The number of rotatable bonds is 6. The molecular formula is C10H22N2O3. The summed E-state index contributed by atoms with van der Waals surface area (Å²) in [6.07, 6.45) is 0. The van der Waals surface area contributed by atoms with Crippen molar-refractivity contribution in [3.63, 3.8) is 0 Å². The Morgan fingerprint density at radius 3 is 2.47 bits per heavy atom. The molecule has 1 atom stereocenters. The largest absolute Gasteiger partial charge is 0.394 e. The molecule has 1 amide bonds. The maximum Gasteiger partial charge on any atom is 0.234 e. The van der Waals surface area contributed by atoms with Crippen molar-refractivity contribution in [2.45, 2.75) is 32.4 Å². The van der Waals surface area contributed by atoms with Gasteiger partial charge in [0, 0.05) is 12.6 Å². The van der Waals surface area contributed by atoms with E-state index in [0.29, 0.717) is 6.61 Å². The van der Waals surface area contributed by atoms with Gasteiger partial charge in [-0.25, -0.2) is 0 Å². The summed E-state index contributed by atoms with van der Waals surface area (Å²) in [5.41, 5.74) is -0.0900. The number of carbonyl (C=O) groups is 1. The third-order valence-electron chi connectivity index (χ3n) is 1.73. The molecule has 0 saturated carbocycles. The van der Waals surface area contributed by atoms with Crippen molar-refractivity contribution in [2.75, 3.05) is 26.9 Å². The van der Waals surface area contributed by atoms with E-state index < -0.39 is 0 Å². The van der Waals surface area contributed by atoms with Gasteiger partial charge in [0.05, 0.1) is 25.8 Å². The first-order valence-corrected chi connectivity index (χ1v) is 5.03. The van der Waals surface area contributed by atoms with Crippen molar-refractivity contribution in [3.05, 3.63) is 0 Å². The molecule has 0 aromatic carbocycles. The number of aliphatic hydroxyl groups is 1. The minimum absolute atomic E-state index is 0.0900. The van der Waals surface area contributed by atoms with E-state index in [-0.39, 0.29) is 30.6 Å². The van der Waals surface area contributed by atoms with Gasteiger partial charge in [-0.1, -0.05) is 0 Å². The summed E-state index contributed by atoms with van der Waals surface area (Å²) in [5.74, 6) is -0.138. The SMILES string of the molecule is COCC(CO)NC(=O)CNC(C)(C)C. The number of aliphatic hydroxyl groups excluding tert-OH is 1. The molecule has 5 heteroatoms. The molecular weight excluding hydrogens is 196 g/mol. The Balaban J connectivity index is 3.81. The molecule has 90 valence electrons. The molecule has 0 bridgehead atoms. The third-order valence-corrected chi connectivity index (χ3v) is 1.73. The number of amides is 1. The van der Waals surface area contributed by atoms with Gasteiger partial charge in [-0.2, -0.15) is 0 Å². The number of methoxy groups -OCH3 is 1. The molecule has 3 N–H and O–H groups in total. The normalized spacial score (nSPS) is 13.7. The first kappa shape index (κ1) is 14.3. The van der Waals surface area contributed by atoms with Gasteiger partial charge >= 0.3 is 0 Å². The van der Waals surface area contributed by atoms with Crippen LogP contribution in [-0.4, -0.2) is 49.5 Å². The molecule has 0 saturated heterocycles. The molecule has 0 aromatic heterocycles. The van der Waals surface area contributed by atoms with E-state index in [4.69, 9.17) is 9.84 Å². The summed E-state index contributed by atoms with van der Waals surface area (Å²) in [5, 5.41) is 14.6. The topological polar surface area (TPSA) is 70.6 Å². The molecule has 0 aliphatic carbocycles. The van der Waals surface area contributed by atoms with Crippen LogP contribution in [0.2, 0.25) is 0 Å². The van der Waals surface area contributed by atoms with Crippen LogP contribution < -0.4 is 10.6 Å². The summed E-state index contributed by atoms with van der Waals surface area (Å²) < 4.78 is 4.85. The van der Waals surface area contributed by atoms with Gasteiger partial charge in [0.25, 0.3) is 0 Å². The smallest absolute Gasteiger partial charge is 0.234 e. The van der Waals surface area contributed by atoms with Crippen LogP contribution in [0.4, 0.5) is 0 Å². The number of carbonyl (C=O) groups excluding carboxylic acids is 1. The second kappa shape index (κ2) is 6.76. The van der Waals surface area contributed by atoms with Gasteiger partial charge in [-0.15, -0.1) is 0 Å². The highest BCUT2D eigenvalue weighted by Crippen LogP contribution is 1.96. The van der Waals surface area contributed by atoms with Crippen molar-refractivity contribution in [1.82, 2.24) is 10.6 Å². The lowest BCUT2D eigenvalue weighted by Gasteiger charge is -2.21. The van der Waals surface area contributed by atoms with Crippen molar-refractivity contribution >= 4 is 5.91 Å². The third kappa shape index (κ3) is 8.35. The Bertz CT molecular complexity index is 190. The highest BCUT2D eigenvalue weighted by Gasteiger charge is 2.14. The minimum Gasteiger partial charge on any atom is -0.394 e. The van der Waals surface area contributed by atoms with E-state index in [1.54, 1.807) is 0 Å². The lowest BCUT2D eigenvalue weighted by Crippen LogP contribution is -2.48. The van der Waals surface area contributed by atoms with E-state index in [1.807, 2.05) is 20.8 Å². The van der Waals surface area contributed by atoms with Gasteiger partial charge in [0.1, 0.15) is 0 Å². The fraction of sp³-hybridized carbons (Fsp3) is 0.900. The predicted octanol–water partition coefficient (Wildman–Crippen LogP) is -0.502. The first-order chi connectivity index (χ1) is 6.89. The average Bonchev–Trinajstić information content (AvgIpc) is 2.13. The van der Waals surface area contributed by atoms with Crippen LogP contribution >= 0.6 is 0 Å². The summed E-state index contributed by atoms with van der Waals surface area (Å²) in [6.45, 7) is 6.40. The maximum absolute atomic E-state index is 11.4. The summed E-state index contributed by atoms with van der Waals surface area (Å²) in [4.78, 5) is 11.4. The summed E-state index contributed by atoms with van der Waals surface area (Å²) in [6, 6.07) is -0.329. The highest BCUT2D eigenvalue weighted by molar-refractivity contribution is 5.78. The maximum atomic E-state index is 11.4. The number of ether oxygens (including phenoxy) is 1. The van der Waals surface area contributed by atoms with Gasteiger partial charge in [0.15, 0.2) is 0 Å². The molecule has 0 spiro atoms. The fourth-order valence-electron chi connectivity index (χ4n) is 0.965. The van der Waals surface area contributed by atoms with Crippen molar-refractivity contribution in [2.24, 2.45) is 0 Å². The van der Waals surface area contributed by atoms with Crippen LogP contribution in [-0.2, 0) is 9.53 Å². The molecule has 0 heterocycles. The predicted molar refractivity (Wildman–Crippen MR) is 58.6 cm³/mol. The van der Waals surface area contributed by atoms with Gasteiger partial charge in [0.2, 0.25) is 5.91 Å². The van der Waals surface area contributed by atoms with Crippen LogP contribution in [0.5, 0.6) is 0 Å². The Morgan fingerprint density at radius 1 is 1.47 bits per heavy atom. The van der Waals surface area contributed by atoms with Crippen molar-refractivity contribution in [1.29, 1.82) is 0 Å². The Morgan fingerprint density at radius 2 is 2.07 bits per heavy atom. The Kier molecular flexibility index (Phi) is 6.47. The van der Waals surface area contributed by atoms with E-state index in [9.17, 15) is 4.79 Å². The molecule has 0 aliphatic rings. The Labute approximate surface area is 91.2 Å². The average molecular weight is 218 g/mol. The molecule has 5 nitrogen and oxygen atoms in total. The Hall–Kier alpha value is -0.650. The summed E-state index contributed by atoms with van der Waals surface area (Å²) in [7, 11) is 1.53. The number of nitrogens with one attached hydrogen (secondary N) is 2. The van der Waals surface area contributed by atoms with E-state index >= 15 is 0 Å². The zero-order valence-corrected chi connectivity index (χ0v) is 9.96. The van der Waals surface area contributed by atoms with Crippen LogP contribution in [0.1, 0.15) is 20.8 Å². The molecule has 0 rings (SSSR count). The van der Waals surface area contributed by atoms with Gasteiger partial charge in [-0.05, 0) is 20.8 Å². The van der Waals surface area contributed by atoms with Gasteiger partial charge < -0.3 is 20.5 Å². The van der Waals surface area contributed by atoms with E-state index in [2.05, 4.69) is 10.6 Å². The van der Waals surface area contributed by atoms with Crippen LogP contribution in [0, 0.1) is 0 Å². The molecule has 15 heavy (non-hydrogen) atoms. The van der Waals surface area contributed by atoms with E-state index in [0.717, 1.165) is 0 Å². The lowest BCUT2D eigenvalue weighted by molar-refractivity contribution is -0.122. The molecule has 0 aliphatic heterocycles. The molecule has 1 unspecified atom stereocenters. The quantitative estimate of drug-likeness (QED) is 0.562. The first-order valence-electron chi connectivity index (χ1n) is 5.03. The molecule has 0 fully saturated rings. The second-order valence-electron chi connectivity index (χ2n) is 4.51. The van der Waals surface area contributed by atoms with Crippen molar-refractivity contribution in [3.8, 4) is 0 Å². The zero-order valence-electron chi connectivity index (χ0n) is 9.96. The lowest BCUT2D eigenvalue weighted by atomic mass is 10.1. The second-order valence-corrected chi connectivity index (χ2v) is 4.51. The van der Waals surface area contributed by atoms with E-state index in [1.165, 1.54) is 7.11 Å². The van der Waals surface area contributed by atoms with Crippen molar-refractivity contribution < 1.29 is 14.6 Å². The number of hydrogen-bond donors (Lipinski definition) is 3. The zero-order chi connectivity index (χ0) is 11.9. The highest BCUT2D eigenvalue weighted by atomic mass is 16.5. The van der Waals surface area contributed by atoms with Crippen LogP contribution in [0.15, 0.2) is 0 Å². The summed E-state index contributed by atoms with van der Waals surface area (Å²) >= 11 is 0. The number of hydrogen-bond acceptors (Lipinski definition) is 4. The van der Waals surface area contributed by atoms with Gasteiger partial charge in [-0.3, -0.25) is 4.79 Å². The monoisotopic (exact) mass is 218 g/mol. The molecule has 0 aromatic rings. The standard InChI is InChI=1S/C10H22N2O3/c1-10(2,3)11-5-9(14)12-8(6-13)7-15-4/h8,11,13H,5-7H2,1-4H3,(H,12,14). The minimum atomic E-state index is -0.329. The van der Waals surface area contributed by atoms with Crippen LogP contribution in [0.25, 0.3) is 0 Å². The molecule has 0 radical (unpaired) electrons.